The fourth-order valence-corrected chi connectivity index (χ4v) is 4.79. The Morgan fingerprint density at radius 3 is 2.70 bits per heavy atom. The zero-order valence-corrected chi connectivity index (χ0v) is 17.0. The van der Waals surface area contributed by atoms with Gasteiger partial charge in [-0.25, -0.2) is 0 Å². The molecule has 0 aromatic heterocycles. The quantitative estimate of drug-likeness (QED) is 0.369. The lowest BCUT2D eigenvalue weighted by Gasteiger charge is -2.41. The van der Waals surface area contributed by atoms with Crippen molar-refractivity contribution in [3.05, 3.63) is 12.2 Å². The molecule has 2 aliphatic rings. The third-order valence-electron chi connectivity index (χ3n) is 6.83. The summed E-state index contributed by atoms with van der Waals surface area (Å²) < 4.78 is 0. The van der Waals surface area contributed by atoms with E-state index in [1.165, 1.54) is 44.9 Å². The average molecular weight is 379 g/mol. The van der Waals surface area contributed by atoms with E-state index in [2.05, 4.69) is 19.1 Å². The predicted octanol–water partition coefficient (Wildman–Crippen LogP) is 4.37. The molecule has 2 N–H and O–H groups in total. The van der Waals surface area contributed by atoms with E-state index < -0.39 is 18.5 Å². The number of allylic oxidation sites excluding steroid dienone is 2. The van der Waals surface area contributed by atoms with Crippen LogP contribution in [0.25, 0.3) is 0 Å². The van der Waals surface area contributed by atoms with Gasteiger partial charge >= 0.3 is 0 Å². The largest absolute Gasteiger partial charge is 0.388 e. The van der Waals surface area contributed by atoms with Gasteiger partial charge in [-0.2, -0.15) is 0 Å². The molecular formula is C23H38O4. The summed E-state index contributed by atoms with van der Waals surface area (Å²) in [6.45, 7) is 1.66. The topological polar surface area (TPSA) is 74.6 Å². The highest BCUT2D eigenvalue weighted by Crippen LogP contribution is 2.48. The van der Waals surface area contributed by atoms with Crippen LogP contribution in [0.2, 0.25) is 0 Å². The maximum absolute atomic E-state index is 12.3. The molecule has 0 radical (unpaired) electrons. The van der Waals surface area contributed by atoms with Crippen molar-refractivity contribution in [2.24, 2.45) is 17.3 Å². The Bertz CT molecular complexity index is 507. The van der Waals surface area contributed by atoms with E-state index in [1.54, 1.807) is 0 Å². The van der Waals surface area contributed by atoms with E-state index in [-0.39, 0.29) is 5.92 Å². The van der Waals surface area contributed by atoms with Gasteiger partial charge in [0.1, 0.15) is 18.5 Å². The lowest BCUT2D eigenvalue weighted by molar-refractivity contribution is -0.130. The summed E-state index contributed by atoms with van der Waals surface area (Å²) in [7, 11) is 0. The van der Waals surface area contributed by atoms with Crippen LogP contribution in [-0.4, -0.2) is 34.5 Å². The summed E-state index contributed by atoms with van der Waals surface area (Å²) in [6, 6.07) is 0. The second kappa shape index (κ2) is 11.1. The van der Waals surface area contributed by atoms with Crippen LogP contribution < -0.4 is 0 Å². The Balaban J connectivity index is 1.75. The number of unbranched alkanes of at least 4 members (excludes halogenated alkanes) is 2. The van der Waals surface area contributed by atoms with Crippen LogP contribution in [-0.2, 0) is 9.59 Å². The predicted molar refractivity (Wildman–Crippen MR) is 107 cm³/mol. The number of carbonyl (C=O) groups excluding carboxylic acids is 2. The van der Waals surface area contributed by atoms with E-state index >= 15 is 0 Å². The molecule has 0 heterocycles. The van der Waals surface area contributed by atoms with Gasteiger partial charge in [-0.15, -0.1) is 0 Å². The minimum atomic E-state index is -1.06. The van der Waals surface area contributed by atoms with Crippen LogP contribution in [0.5, 0.6) is 0 Å². The van der Waals surface area contributed by atoms with Crippen molar-refractivity contribution in [3.63, 3.8) is 0 Å². The van der Waals surface area contributed by atoms with E-state index in [0.29, 0.717) is 36.4 Å². The van der Waals surface area contributed by atoms with Gasteiger partial charge in [-0.1, -0.05) is 51.2 Å². The highest BCUT2D eigenvalue weighted by atomic mass is 16.3. The summed E-state index contributed by atoms with van der Waals surface area (Å²) in [5.74, 6) is 0.339. The number of Topliss-reactive ketones (excluding diaryl/α,β-unsaturated/α-hetero) is 2. The average Bonchev–Trinajstić information content (AvgIpc) is 2.99. The van der Waals surface area contributed by atoms with Crippen molar-refractivity contribution in [1.29, 1.82) is 0 Å². The lowest BCUT2D eigenvalue weighted by atomic mass is 9.64. The Labute approximate surface area is 164 Å². The first-order valence-electron chi connectivity index (χ1n) is 11.0. The maximum atomic E-state index is 12.3. The normalized spacial score (nSPS) is 25.7. The first-order chi connectivity index (χ1) is 13.0. The third-order valence-corrected chi connectivity index (χ3v) is 6.83. The molecule has 0 saturated heterocycles. The van der Waals surface area contributed by atoms with E-state index in [9.17, 15) is 14.7 Å². The Kier molecular flexibility index (Phi) is 9.17. The summed E-state index contributed by atoms with van der Waals surface area (Å²) in [4.78, 5) is 23.5. The Hall–Kier alpha value is -1.00. The van der Waals surface area contributed by atoms with Crippen molar-refractivity contribution in [3.8, 4) is 0 Å². The van der Waals surface area contributed by atoms with Crippen LogP contribution in [0.3, 0.4) is 0 Å². The van der Waals surface area contributed by atoms with Crippen molar-refractivity contribution in [2.45, 2.75) is 96.5 Å². The van der Waals surface area contributed by atoms with E-state index in [1.807, 2.05) is 0 Å². The number of aliphatic hydroxyl groups excluding tert-OH is 2. The first-order valence-corrected chi connectivity index (χ1v) is 11.0. The summed E-state index contributed by atoms with van der Waals surface area (Å²) in [6.07, 6.45) is 17.2. The van der Waals surface area contributed by atoms with Crippen LogP contribution in [0, 0.1) is 17.3 Å². The van der Waals surface area contributed by atoms with Gasteiger partial charge in [-0.3, -0.25) is 9.59 Å². The van der Waals surface area contributed by atoms with E-state index in [4.69, 9.17) is 5.11 Å². The van der Waals surface area contributed by atoms with Crippen LogP contribution >= 0.6 is 0 Å². The minimum Gasteiger partial charge on any atom is -0.388 e. The minimum absolute atomic E-state index is 0.111. The molecule has 154 valence electrons. The van der Waals surface area contributed by atoms with Gasteiger partial charge < -0.3 is 10.2 Å². The molecule has 4 nitrogen and oxygen atoms in total. The van der Waals surface area contributed by atoms with Gasteiger partial charge in [0.05, 0.1) is 0 Å². The molecule has 0 bridgehead atoms. The van der Waals surface area contributed by atoms with Crippen molar-refractivity contribution >= 4 is 11.6 Å². The molecule has 2 fully saturated rings. The standard InChI is InChI=1S/C23H38O4/c1-2-3-13-23(15-7-16-23)14-6-8-18-11-12-20(25)19(18)9-4-5-10-21(26)22(27)17-24/h6,8,18-19,21,24,26H,2-5,7,9-17H2,1H3/t18-,19+,21?/m0/s1. The molecule has 1 unspecified atom stereocenters. The SMILES string of the molecule is CCCCC1(CC=C[C@H]2CCC(=O)[C@@H]2CCCCC(O)C(=O)CO)CCC1. The molecule has 0 aliphatic heterocycles. The fraction of sp³-hybridized carbons (Fsp3) is 0.826. The molecule has 0 aromatic rings. The second-order valence-electron chi connectivity index (χ2n) is 8.79. The number of hydrogen-bond acceptors (Lipinski definition) is 4. The van der Waals surface area contributed by atoms with Gasteiger partial charge in [0.25, 0.3) is 0 Å². The van der Waals surface area contributed by atoms with Gasteiger partial charge in [0, 0.05) is 12.3 Å². The van der Waals surface area contributed by atoms with Gasteiger partial charge in [0.15, 0.2) is 5.78 Å². The monoisotopic (exact) mass is 378 g/mol. The zero-order chi connectivity index (χ0) is 19.7. The van der Waals surface area contributed by atoms with Crippen molar-refractivity contribution < 1.29 is 19.8 Å². The third kappa shape index (κ3) is 6.53. The lowest BCUT2D eigenvalue weighted by Crippen LogP contribution is -2.28. The molecule has 0 aromatic carbocycles. The number of hydrogen-bond donors (Lipinski definition) is 2. The van der Waals surface area contributed by atoms with Crippen LogP contribution in [0.1, 0.15) is 90.4 Å². The fourth-order valence-electron chi connectivity index (χ4n) is 4.79. The van der Waals surface area contributed by atoms with Crippen molar-refractivity contribution in [1.82, 2.24) is 0 Å². The highest BCUT2D eigenvalue weighted by Gasteiger charge is 2.36. The first kappa shape index (κ1) is 22.3. The van der Waals surface area contributed by atoms with E-state index in [0.717, 1.165) is 19.3 Å². The highest BCUT2D eigenvalue weighted by molar-refractivity contribution is 5.84. The molecular weight excluding hydrogens is 340 g/mol. The molecule has 27 heavy (non-hydrogen) atoms. The summed E-state index contributed by atoms with van der Waals surface area (Å²) in [5.41, 5.74) is 0.542. The Morgan fingerprint density at radius 2 is 2.07 bits per heavy atom. The molecule has 2 rings (SSSR count). The number of carbonyl (C=O) groups is 2. The van der Waals surface area contributed by atoms with Crippen molar-refractivity contribution in [2.75, 3.05) is 6.61 Å². The number of rotatable bonds is 13. The number of aliphatic hydroxyl groups is 2. The molecule has 4 heteroatoms. The molecule has 0 amide bonds. The molecule has 2 aliphatic carbocycles. The maximum Gasteiger partial charge on any atom is 0.186 e. The summed E-state index contributed by atoms with van der Waals surface area (Å²) >= 11 is 0. The summed E-state index contributed by atoms with van der Waals surface area (Å²) in [5, 5.41) is 18.4. The molecule has 3 atom stereocenters. The van der Waals surface area contributed by atoms with Gasteiger partial charge in [-0.05, 0) is 56.3 Å². The smallest absolute Gasteiger partial charge is 0.186 e. The van der Waals surface area contributed by atoms with Gasteiger partial charge in [0.2, 0.25) is 0 Å². The van der Waals surface area contributed by atoms with Crippen LogP contribution in [0.15, 0.2) is 12.2 Å². The Morgan fingerprint density at radius 1 is 1.30 bits per heavy atom. The number of ketones is 2. The molecule has 2 saturated carbocycles. The zero-order valence-electron chi connectivity index (χ0n) is 17.0. The van der Waals surface area contributed by atoms with Crippen LogP contribution in [0.4, 0.5) is 0 Å². The second-order valence-corrected chi connectivity index (χ2v) is 8.79. The molecule has 0 spiro atoms.